The first-order valence-corrected chi connectivity index (χ1v) is 10.2. The van der Waals surface area contributed by atoms with Crippen molar-refractivity contribution in [1.82, 2.24) is 4.98 Å². The molecule has 0 saturated heterocycles. The maximum atomic E-state index is 12.3. The summed E-state index contributed by atoms with van der Waals surface area (Å²) in [6.45, 7) is 0. The molecule has 0 bridgehead atoms. The Balaban J connectivity index is 1.47. The van der Waals surface area contributed by atoms with Crippen LogP contribution in [0.2, 0.25) is 0 Å². The van der Waals surface area contributed by atoms with Gasteiger partial charge in [0.25, 0.3) is 5.56 Å². The third kappa shape index (κ3) is 3.69. The van der Waals surface area contributed by atoms with Crippen molar-refractivity contribution < 1.29 is 4.79 Å². The number of aromatic amines is 1. The Morgan fingerprint density at radius 3 is 2.62 bits per heavy atom. The molecule has 0 unspecified atom stereocenters. The maximum Gasteiger partial charge on any atom is 0.251 e. The van der Waals surface area contributed by atoms with Crippen LogP contribution in [0.5, 0.6) is 0 Å². The topological polar surface area (TPSA) is 62.0 Å². The van der Waals surface area contributed by atoms with E-state index >= 15 is 0 Å². The molecule has 0 atom stereocenters. The number of H-pyrrole nitrogens is 1. The summed E-state index contributed by atoms with van der Waals surface area (Å²) in [5, 5.41) is 4.14. The summed E-state index contributed by atoms with van der Waals surface area (Å²) in [6, 6.07) is 5.92. The summed E-state index contributed by atoms with van der Waals surface area (Å²) in [6.07, 6.45) is 12.2. The van der Waals surface area contributed by atoms with Crippen molar-refractivity contribution in [3.05, 3.63) is 39.7 Å². The molecular formula is C22H28N2O2. The number of nitrogens with one attached hydrogen (secondary N) is 2. The number of anilines is 1. The van der Waals surface area contributed by atoms with Gasteiger partial charge in [-0.05, 0) is 55.7 Å². The van der Waals surface area contributed by atoms with Gasteiger partial charge in [0.2, 0.25) is 5.91 Å². The summed E-state index contributed by atoms with van der Waals surface area (Å²) in [5.41, 5.74) is 3.80. The molecule has 138 valence electrons. The van der Waals surface area contributed by atoms with Crippen LogP contribution < -0.4 is 10.9 Å². The van der Waals surface area contributed by atoms with Crippen LogP contribution in [0.4, 0.5) is 5.69 Å². The smallest absolute Gasteiger partial charge is 0.251 e. The number of aryl methyl sites for hydroxylation is 1. The molecule has 1 fully saturated rings. The molecule has 4 nitrogen and oxygen atoms in total. The second kappa shape index (κ2) is 7.65. The van der Waals surface area contributed by atoms with Gasteiger partial charge in [0.05, 0.1) is 5.52 Å². The van der Waals surface area contributed by atoms with E-state index in [1.54, 1.807) is 0 Å². The summed E-state index contributed by atoms with van der Waals surface area (Å²) in [4.78, 5) is 27.7. The Morgan fingerprint density at radius 2 is 1.81 bits per heavy atom. The zero-order chi connectivity index (χ0) is 17.9. The highest BCUT2D eigenvalue weighted by atomic mass is 16.1. The molecular weight excluding hydrogens is 324 g/mol. The van der Waals surface area contributed by atoms with Crippen molar-refractivity contribution in [2.75, 3.05) is 5.32 Å². The summed E-state index contributed by atoms with van der Waals surface area (Å²) < 4.78 is 0. The first kappa shape index (κ1) is 17.3. The molecule has 26 heavy (non-hydrogen) atoms. The highest BCUT2D eigenvalue weighted by molar-refractivity contribution is 5.94. The normalized spacial score (nSPS) is 17.8. The van der Waals surface area contributed by atoms with Crippen LogP contribution in [0.1, 0.15) is 68.9 Å². The first-order valence-electron chi connectivity index (χ1n) is 10.2. The molecule has 1 aromatic carbocycles. The van der Waals surface area contributed by atoms with Crippen molar-refractivity contribution in [2.24, 2.45) is 5.92 Å². The molecule has 1 aromatic heterocycles. The van der Waals surface area contributed by atoms with Crippen LogP contribution in [0.15, 0.2) is 23.0 Å². The predicted molar refractivity (Wildman–Crippen MR) is 106 cm³/mol. The largest absolute Gasteiger partial charge is 0.326 e. The predicted octanol–water partition coefficient (Wildman–Crippen LogP) is 4.71. The highest BCUT2D eigenvalue weighted by Gasteiger charge is 2.17. The number of hydrogen-bond acceptors (Lipinski definition) is 2. The molecule has 2 N–H and O–H groups in total. The zero-order valence-corrected chi connectivity index (χ0v) is 15.4. The standard InChI is InChI=1S/C22H28N2O2/c25-21(13-10-15-6-2-1-3-7-15)23-16-11-12-18-17-8-4-5-9-19(17)22(26)24-20(18)14-16/h11-12,14-15H,1-10,13H2,(H,23,25)(H,24,26). The number of carbonyl (C=O) groups excluding carboxylic acids is 1. The Labute approximate surface area is 154 Å². The van der Waals surface area contributed by atoms with Gasteiger partial charge in [-0.2, -0.15) is 0 Å². The maximum absolute atomic E-state index is 12.3. The average Bonchev–Trinajstić information content (AvgIpc) is 2.67. The number of aromatic nitrogens is 1. The number of fused-ring (bicyclic) bond motifs is 3. The molecule has 1 amide bonds. The van der Waals surface area contributed by atoms with Crippen molar-refractivity contribution in [1.29, 1.82) is 0 Å². The van der Waals surface area contributed by atoms with Gasteiger partial charge in [0.15, 0.2) is 0 Å². The van der Waals surface area contributed by atoms with E-state index in [1.807, 2.05) is 18.2 Å². The minimum atomic E-state index is 0.0352. The molecule has 4 rings (SSSR count). The lowest BCUT2D eigenvalue weighted by Gasteiger charge is -2.21. The number of benzene rings is 1. The van der Waals surface area contributed by atoms with Crippen LogP contribution in [-0.2, 0) is 17.6 Å². The number of pyridine rings is 1. The van der Waals surface area contributed by atoms with Gasteiger partial charge in [-0.25, -0.2) is 0 Å². The van der Waals surface area contributed by atoms with Crippen molar-refractivity contribution in [2.45, 2.75) is 70.6 Å². The van der Waals surface area contributed by atoms with Crippen molar-refractivity contribution >= 4 is 22.5 Å². The van der Waals surface area contributed by atoms with Crippen LogP contribution in [0, 0.1) is 5.92 Å². The quantitative estimate of drug-likeness (QED) is 0.837. The fourth-order valence-electron chi connectivity index (χ4n) is 4.67. The molecule has 0 spiro atoms. The molecule has 2 aliphatic rings. The monoisotopic (exact) mass is 352 g/mol. The van der Waals surface area contributed by atoms with Crippen LogP contribution in [0.3, 0.4) is 0 Å². The number of carbonyl (C=O) groups is 1. The lowest BCUT2D eigenvalue weighted by molar-refractivity contribution is -0.116. The average molecular weight is 352 g/mol. The molecule has 1 saturated carbocycles. The van der Waals surface area contributed by atoms with Crippen LogP contribution in [-0.4, -0.2) is 10.9 Å². The van der Waals surface area contributed by atoms with E-state index < -0.39 is 0 Å². The second-order valence-corrected chi connectivity index (χ2v) is 7.97. The van der Waals surface area contributed by atoms with Gasteiger partial charge in [0, 0.05) is 23.1 Å². The Bertz CT molecular complexity index is 862. The molecule has 0 aliphatic heterocycles. The summed E-state index contributed by atoms with van der Waals surface area (Å²) >= 11 is 0. The number of hydrogen-bond donors (Lipinski definition) is 2. The van der Waals surface area contributed by atoms with Crippen LogP contribution >= 0.6 is 0 Å². The molecule has 1 heterocycles. The molecule has 2 aromatic rings. The second-order valence-electron chi connectivity index (χ2n) is 7.97. The Hall–Kier alpha value is -2.10. The van der Waals surface area contributed by atoms with Crippen LogP contribution in [0.25, 0.3) is 10.9 Å². The van der Waals surface area contributed by atoms with E-state index in [0.29, 0.717) is 12.3 Å². The summed E-state index contributed by atoms with van der Waals surface area (Å²) in [5.74, 6) is 0.796. The molecule has 4 heteroatoms. The lowest BCUT2D eigenvalue weighted by Crippen LogP contribution is -2.19. The van der Waals surface area contributed by atoms with Gasteiger partial charge < -0.3 is 10.3 Å². The van der Waals surface area contributed by atoms with Gasteiger partial charge in [-0.15, -0.1) is 0 Å². The van der Waals surface area contributed by atoms with Gasteiger partial charge in [0.1, 0.15) is 0 Å². The van der Waals surface area contributed by atoms with Crippen molar-refractivity contribution in [3.63, 3.8) is 0 Å². The van der Waals surface area contributed by atoms with E-state index in [0.717, 1.165) is 54.3 Å². The first-order chi connectivity index (χ1) is 12.7. The molecule has 0 radical (unpaired) electrons. The highest BCUT2D eigenvalue weighted by Crippen LogP contribution is 2.29. The zero-order valence-electron chi connectivity index (χ0n) is 15.4. The van der Waals surface area contributed by atoms with Gasteiger partial charge >= 0.3 is 0 Å². The van der Waals surface area contributed by atoms with Gasteiger partial charge in [-0.1, -0.05) is 38.2 Å². The molecule has 2 aliphatic carbocycles. The van der Waals surface area contributed by atoms with E-state index in [-0.39, 0.29) is 11.5 Å². The Kier molecular flexibility index (Phi) is 5.09. The third-order valence-electron chi connectivity index (χ3n) is 6.12. The van der Waals surface area contributed by atoms with Crippen molar-refractivity contribution in [3.8, 4) is 0 Å². The lowest BCUT2D eigenvalue weighted by atomic mass is 9.86. The minimum absolute atomic E-state index is 0.0352. The van der Waals surface area contributed by atoms with Gasteiger partial charge in [-0.3, -0.25) is 9.59 Å². The SMILES string of the molecule is O=C(CCC1CCCCC1)Nc1ccc2c3c(c(=O)[nH]c2c1)CCCC3. The van der Waals surface area contributed by atoms with E-state index in [2.05, 4.69) is 10.3 Å². The fraction of sp³-hybridized carbons (Fsp3) is 0.545. The van der Waals surface area contributed by atoms with E-state index in [4.69, 9.17) is 0 Å². The van der Waals surface area contributed by atoms with E-state index in [9.17, 15) is 9.59 Å². The number of rotatable bonds is 4. The third-order valence-corrected chi connectivity index (χ3v) is 6.12. The number of amides is 1. The Morgan fingerprint density at radius 1 is 1.04 bits per heavy atom. The minimum Gasteiger partial charge on any atom is -0.326 e. The fourth-order valence-corrected chi connectivity index (χ4v) is 4.67. The summed E-state index contributed by atoms with van der Waals surface area (Å²) in [7, 11) is 0. The van der Waals surface area contributed by atoms with E-state index in [1.165, 1.54) is 37.7 Å².